The van der Waals surface area contributed by atoms with Crippen LogP contribution in [0.1, 0.15) is 49.7 Å². The maximum absolute atomic E-state index is 10.4. The van der Waals surface area contributed by atoms with Crippen molar-refractivity contribution in [3.63, 3.8) is 0 Å². The van der Waals surface area contributed by atoms with Crippen LogP contribution in [0.5, 0.6) is 11.5 Å². The molecule has 2 aromatic rings. The van der Waals surface area contributed by atoms with Gasteiger partial charge in [-0.3, -0.25) is 0 Å². The smallest absolute Gasteiger partial charge is 0.131 e. The van der Waals surface area contributed by atoms with Crippen LogP contribution in [0.15, 0.2) is 73.8 Å². The molecule has 0 spiro atoms. The van der Waals surface area contributed by atoms with Gasteiger partial charge in [0.25, 0.3) is 0 Å². The first-order valence-corrected chi connectivity index (χ1v) is 9.54. The van der Waals surface area contributed by atoms with Crippen molar-refractivity contribution in [2.75, 3.05) is 0 Å². The molecular formula is C24H30O3. The molecule has 2 N–H and O–H groups in total. The Bertz CT molecular complexity index is 689. The quantitative estimate of drug-likeness (QED) is 0.541. The Balaban J connectivity index is 2.45. The molecule has 0 bridgehead atoms. The fraction of sp³-hybridized carbons (Fsp3) is 0.333. The molecule has 2 rings (SSSR count). The van der Waals surface area contributed by atoms with Crippen molar-refractivity contribution in [2.24, 2.45) is 0 Å². The normalized spacial score (nSPS) is 15.4. The van der Waals surface area contributed by atoms with E-state index in [1.807, 2.05) is 62.4 Å². The molecule has 0 amide bonds. The first-order chi connectivity index (χ1) is 13.1. The van der Waals surface area contributed by atoms with Gasteiger partial charge in [-0.15, -0.1) is 13.2 Å². The molecule has 0 saturated heterocycles. The Labute approximate surface area is 162 Å². The lowest BCUT2D eigenvalue weighted by atomic mass is 9.90. The Morgan fingerprint density at radius 3 is 1.48 bits per heavy atom. The van der Waals surface area contributed by atoms with Crippen LogP contribution >= 0.6 is 0 Å². The van der Waals surface area contributed by atoms with Crippen LogP contribution in [0, 0.1) is 0 Å². The van der Waals surface area contributed by atoms with Crippen LogP contribution in [-0.4, -0.2) is 22.4 Å². The van der Waals surface area contributed by atoms with E-state index in [9.17, 15) is 10.2 Å². The van der Waals surface area contributed by atoms with Crippen molar-refractivity contribution in [3.8, 4) is 11.5 Å². The van der Waals surface area contributed by atoms with Crippen LogP contribution in [0.2, 0.25) is 0 Å². The van der Waals surface area contributed by atoms with E-state index in [4.69, 9.17) is 4.74 Å². The summed E-state index contributed by atoms with van der Waals surface area (Å²) in [6.45, 7) is 11.7. The highest BCUT2D eigenvalue weighted by Gasteiger charge is 2.23. The minimum Gasteiger partial charge on any atom is -0.457 e. The summed E-state index contributed by atoms with van der Waals surface area (Å²) in [4.78, 5) is 0. The highest BCUT2D eigenvalue weighted by Crippen LogP contribution is 2.38. The molecular weight excluding hydrogens is 336 g/mol. The zero-order valence-electron chi connectivity index (χ0n) is 16.2. The van der Waals surface area contributed by atoms with Crippen LogP contribution < -0.4 is 4.74 Å². The van der Waals surface area contributed by atoms with Gasteiger partial charge in [-0.2, -0.15) is 0 Å². The summed E-state index contributed by atoms with van der Waals surface area (Å²) in [6, 6.07) is 15.4. The Morgan fingerprint density at radius 2 is 1.15 bits per heavy atom. The van der Waals surface area contributed by atoms with Gasteiger partial charge in [-0.05, 0) is 25.0 Å². The number of para-hydroxylation sites is 2. The van der Waals surface area contributed by atoms with Crippen LogP contribution in [0.3, 0.4) is 0 Å². The molecule has 0 aliphatic heterocycles. The van der Waals surface area contributed by atoms with Crippen LogP contribution in [0.25, 0.3) is 0 Å². The fourth-order valence-corrected chi connectivity index (χ4v) is 3.31. The highest BCUT2D eigenvalue weighted by atomic mass is 16.5. The maximum atomic E-state index is 10.4. The Kier molecular flexibility index (Phi) is 7.83. The van der Waals surface area contributed by atoms with Crippen molar-refractivity contribution in [3.05, 3.63) is 85.0 Å². The third kappa shape index (κ3) is 4.88. The van der Waals surface area contributed by atoms with Crippen molar-refractivity contribution in [1.82, 2.24) is 0 Å². The molecule has 27 heavy (non-hydrogen) atoms. The molecule has 0 saturated carbocycles. The molecule has 4 unspecified atom stereocenters. The summed E-state index contributed by atoms with van der Waals surface area (Å²) in [6.07, 6.45) is 3.73. The summed E-state index contributed by atoms with van der Waals surface area (Å²) in [5, 5.41) is 20.7. The number of benzene rings is 2. The average Bonchev–Trinajstić information content (AvgIpc) is 2.71. The lowest BCUT2D eigenvalue weighted by Crippen LogP contribution is -2.17. The topological polar surface area (TPSA) is 49.7 Å². The third-order valence-electron chi connectivity index (χ3n) is 4.95. The SMILES string of the molecule is C=CC(c1ccccc1Oc1ccccc1C(C=C)C(O)CC)C(O)CC. The molecule has 0 fully saturated rings. The molecule has 3 heteroatoms. The van der Waals surface area contributed by atoms with Crippen molar-refractivity contribution in [2.45, 2.75) is 50.7 Å². The van der Waals surface area contributed by atoms with Gasteiger partial charge in [0.15, 0.2) is 0 Å². The van der Waals surface area contributed by atoms with Crippen molar-refractivity contribution < 1.29 is 14.9 Å². The molecule has 0 aromatic heterocycles. The van der Waals surface area contributed by atoms with Crippen molar-refractivity contribution >= 4 is 0 Å². The monoisotopic (exact) mass is 366 g/mol. The first kappa shape index (κ1) is 20.9. The largest absolute Gasteiger partial charge is 0.457 e. The van der Waals surface area contributed by atoms with E-state index in [1.54, 1.807) is 12.2 Å². The molecule has 144 valence electrons. The minimum absolute atomic E-state index is 0.213. The Morgan fingerprint density at radius 1 is 0.778 bits per heavy atom. The fourth-order valence-electron chi connectivity index (χ4n) is 3.31. The summed E-state index contributed by atoms with van der Waals surface area (Å²) in [5.74, 6) is 0.928. The highest BCUT2D eigenvalue weighted by molar-refractivity contribution is 5.46. The molecule has 0 heterocycles. The average molecular weight is 367 g/mol. The van der Waals surface area contributed by atoms with E-state index in [2.05, 4.69) is 13.2 Å². The number of hydrogen-bond donors (Lipinski definition) is 2. The first-order valence-electron chi connectivity index (χ1n) is 9.54. The second kappa shape index (κ2) is 10.1. The summed E-state index contributed by atoms with van der Waals surface area (Å²) in [7, 11) is 0. The molecule has 0 radical (unpaired) electrons. The number of ether oxygens (including phenoxy) is 1. The summed E-state index contributed by atoms with van der Waals surface area (Å²) in [5.41, 5.74) is 1.78. The number of hydrogen-bond acceptors (Lipinski definition) is 3. The second-order valence-corrected chi connectivity index (χ2v) is 6.65. The van der Waals surface area contributed by atoms with Gasteiger partial charge in [0.2, 0.25) is 0 Å². The Hall–Kier alpha value is -2.36. The van der Waals surface area contributed by atoms with E-state index < -0.39 is 12.2 Å². The van der Waals surface area contributed by atoms with Gasteiger partial charge in [-0.1, -0.05) is 62.4 Å². The zero-order chi connectivity index (χ0) is 19.8. The van der Waals surface area contributed by atoms with Gasteiger partial charge >= 0.3 is 0 Å². The number of aliphatic hydroxyl groups excluding tert-OH is 2. The van der Waals surface area contributed by atoms with Gasteiger partial charge in [0.1, 0.15) is 11.5 Å². The van der Waals surface area contributed by atoms with Crippen LogP contribution in [0.4, 0.5) is 0 Å². The minimum atomic E-state index is -0.523. The van der Waals surface area contributed by atoms with Gasteiger partial charge in [0, 0.05) is 23.0 Å². The number of aliphatic hydroxyl groups is 2. The van der Waals surface area contributed by atoms with Crippen LogP contribution in [-0.2, 0) is 0 Å². The summed E-state index contributed by atoms with van der Waals surface area (Å²) < 4.78 is 6.28. The maximum Gasteiger partial charge on any atom is 0.131 e. The van der Waals surface area contributed by atoms with Crippen molar-refractivity contribution in [1.29, 1.82) is 0 Å². The molecule has 4 atom stereocenters. The van der Waals surface area contributed by atoms with E-state index >= 15 is 0 Å². The molecule has 3 nitrogen and oxygen atoms in total. The van der Waals surface area contributed by atoms with Gasteiger partial charge in [-0.25, -0.2) is 0 Å². The lowest BCUT2D eigenvalue weighted by molar-refractivity contribution is 0.153. The lowest BCUT2D eigenvalue weighted by Gasteiger charge is -2.24. The van der Waals surface area contributed by atoms with E-state index in [0.717, 1.165) is 11.1 Å². The molecule has 0 aliphatic rings. The standard InChI is InChI=1S/C24H30O3/c1-5-17(21(25)7-3)19-13-9-11-15-23(19)27-24-16-12-10-14-20(24)18(6-2)22(26)8-4/h5-6,9-18,21-22,25-26H,1-2,7-8H2,3-4H3. The summed E-state index contributed by atoms with van der Waals surface area (Å²) >= 11 is 0. The second-order valence-electron chi connectivity index (χ2n) is 6.65. The molecule has 0 aliphatic carbocycles. The van der Waals surface area contributed by atoms with E-state index in [0.29, 0.717) is 24.3 Å². The molecule has 2 aromatic carbocycles. The predicted octanol–water partition coefficient (Wildman–Crippen LogP) is 5.56. The third-order valence-corrected chi connectivity index (χ3v) is 4.95. The number of rotatable bonds is 10. The predicted molar refractivity (Wildman–Crippen MR) is 111 cm³/mol. The van der Waals surface area contributed by atoms with E-state index in [-0.39, 0.29) is 11.8 Å². The van der Waals surface area contributed by atoms with E-state index in [1.165, 1.54) is 0 Å². The van der Waals surface area contributed by atoms with Gasteiger partial charge in [0.05, 0.1) is 12.2 Å². The van der Waals surface area contributed by atoms with Gasteiger partial charge < -0.3 is 14.9 Å². The zero-order valence-corrected chi connectivity index (χ0v) is 16.2.